The monoisotopic (exact) mass is 204 g/mol. The molecule has 1 heterocycles. The van der Waals surface area contributed by atoms with Crippen molar-refractivity contribution in [3.05, 3.63) is 0 Å². The Morgan fingerprint density at radius 3 is 2.46 bits per heavy atom. The van der Waals surface area contributed by atoms with Crippen molar-refractivity contribution in [1.29, 1.82) is 0 Å². The van der Waals surface area contributed by atoms with Crippen molar-refractivity contribution in [2.75, 3.05) is 20.3 Å². The summed E-state index contributed by atoms with van der Waals surface area (Å²) in [7, 11) is -1.18. The van der Waals surface area contributed by atoms with Crippen LogP contribution in [0.4, 0.5) is 0 Å². The molecule has 0 spiro atoms. The normalized spacial score (nSPS) is 32.4. The van der Waals surface area contributed by atoms with E-state index in [0.29, 0.717) is 6.54 Å². The molecule has 2 unspecified atom stereocenters. The highest BCUT2D eigenvalue weighted by Crippen LogP contribution is 2.62. The summed E-state index contributed by atoms with van der Waals surface area (Å²) in [5, 5.41) is 7.52. The predicted molar refractivity (Wildman–Crippen MR) is 52.4 cm³/mol. The van der Waals surface area contributed by atoms with Crippen LogP contribution in [-0.4, -0.2) is 25.6 Å². The number of nitrogens with zero attached hydrogens (tertiary/aromatic N) is 2. The summed E-state index contributed by atoms with van der Waals surface area (Å²) in [4.78, 5) is 0. The summed E-state index contributed by atoms with van der Waals surface area (Å²) in [6, 6.07) is 0. The minimum atomic E-state index is -2.67. The summed E-state index contributed by atoms with van der Waals surface area (Å²) in [6.07, 6.45) is 0.742. The highest BCUT2D eigenvalue weighted by atomic mass is 31.2. The minimum absolute atomic E-state index is 0.203. The van der Waals surface area contributed by atoms with Gasteiger partial charge in [-0.1, -0.05) is 13.8 Å². The summed E-state index contributed by atoms with van der Waals surface area (Å²) in [6.45, 7) is 6.34. The summed E-state index contributed by atoms with van der Waals surface area (Å²) in [5.74, 6) is 0.203. The third-order valence-electron chi connectivity index (χ3n) is 2.80. The van der Waals surface area contributed by atoms with E-state index in [1.807, 2.05) is 13.8 Å². The lowest BCUT2D eigenvalue weighted by atomic mass is 10.0. The zero-order valence-electron chi connectivity index (χ0n) is 8.65. The molecule has 0 saturated carbocycles. The molecular formula is C8H17N2O2P. The molecular weight excluding hydrogens is 187 g/mol. The number of azo groups is 1. The first-order valence-electron chi connectivity index (χ1n) is 4.48. The molecule has 76 valence electrons. The third-order valence-corrected chi connectivity index (χ3v) is 5.73. The molecule has 13 heavy (non-hydrogen) atoms. The molecule has 0 amide bonds. The molecule has 0 aromatic carbocycles. The van der Waals surface area contributed by atoms with Crippen LogP contribution >= 0.6 is 7.37 Å². The van der Waals surface area contributed by atoms with Gasteiger partial charge in [-0.25, -0.2) is 0 Å². The van der Waals surface area contributed by atoms with Gasteiger partial charge >= 0.3 is 0 Å². The van der Waals surface area contributed by atoms with Gasteiger partial charge in [-0.2, -0.15) is 10.2 Å². The summed E-state index contributed by atoms with van der Waals surface area (Å²) in [5.41, 5.74) is 0. The minimum Gasteiger partial charge on any atom is -0.330 e. The van der Waals surface area contributed by atoms with E-state index in [1.165, 1.54) is 7.11 Å². The predicted octanol–water partition coefficient (Wildman–Crippen LogP) is 2.75. The molecule has 0 aliphatic carbocycles. The first kappa shape index (κ1) is 10.9. The van der Waals surface area contributed by atoms with Gasteiger partial charge in [0.05, 0.1) is 6.54 Å². The maximum Gasteiger partial charge on any atom is 0.228 e. The smallest absolute Gasteiger partial charge is 0.228 e. The average molecular weight is 204 g/mol. The van der Waals surface area contributed by atoms with Gasteiger partial charge in [0, 0.05) is 20.2 Å². The Balaban J connectivity index is 3.06. The van der Waals surface area contributed by atoms with Gasteiger partial charge < -0.3 is 4.52 Å². The zero-order valence-corrected chi connectivity index (χ0v) is 9.54. The maximum absolute atomic E-state index is 12.2. The average Bonchev–Trinajstić information content (AvgIpc) is 2.53. The Morgan fingerprint density at radius 2 is 2.15 bits per heavy atom. The van der Waals surface area contributed by atoms with Crippen molar-refractivity contribution < 1.29 is 9.09 Å². The van der Waals surface area contributed by atoms with E-state index < -0.39 is 12.6 Å². The second-order valence-corrected chi connectivity index (χ2v) is 6.61. The Bertz CT molecular complexity index is 265. The molecule has 1 aliphatic heterocycles. The summed E-state index contributed by atoms with van der Waals surface area (Å²) >= 11 is 0. The first-order valence-corrected chi connectivity index (χ1v) is 6.55. The van der Waals surface area contributed by atoms with Gasteiger partial charge in [0.1, 0.15) is 0 Å². The van der Waals surface area contributed by atoms with E-state index in [-0.39, 0.29) is 5.92 Å². The molecule has 0 bridgehead atoms. The van der Waals surface area contributed by atoms with E-state index in [9.17, 15) is 4.57 Å². The molecule has 2 atom stereocenters. The standard InChI is InChI=1S/C8H17N2O2P/c1-7(2)8(5-6-9-10-8)13(4,11)12-3/h7H,5-6H2,1-4H3. The van der Waals surface area contributed by atoms with Crippen LogP contribution < -0.4 is 0 Å². The molecule has 1 rings (SSSR count). The molecule has 1 aliphatic rings. The van der Waals surface area contributed by atoms with Crippen LogP contribution in [0.1, 0.15) is 20.3 Å². The summed E-state index contributed by atoms with van der Waals surface area (Å²) < 4.78 is 17.3. The third kappa shape index (κ3) is 1.57. The largest absolute Gasteiger partial charge is 0.330 e. The van der Waals surface area contributed by atoms with Crippen LogP contribution in [-0.2, 0) is 9.09 Å². The van der Waals surface area contributed by atoms with Gasteiger partial charge in [0.15, 0.2) is 5.28 Å². The first-order chi connectivity index (χ1) is 5.96. The van der Waals surface area contributed by atoms with Gasteiger partial charge in [-0.3, -0.25) is 4.57 Å². The molecule has 0 aromatic heterocycles. The van der Waals surface area contributed by atoms with Crippen molar-refractivity contribution in [3.63, 3.8) is 0 Å². The lowest BCUT2D eigenvalue weighted by Crippen LogP contribution is -2.31. The van der Waals surface area contributed by atoms with E-state index in [1.54, 1.807) is 6.66 Å². The Hall–Kier alpha value is -0.210. The topological polar surface area (TPSA) is 51.0 Å². The second kappa shape index (κ2) is 3.50. The molecule has 5 heteroatoms. The Morgan fingerprint density at radius 1 is 1.54 bits per heavy atom. The zero-order chi connectivity index (χ0) is 10.1. The van der Waals surface area contributed by atoms with E-state index in [2.05, 4.69) is 10.2 Å². The van der Waals surface area contributed by atoms with Gasteiger partial charge in [0.25, 0.3) is 0 Å². The fourth-order valence-corrected chi connectivity index (χ4v) is 3.74. The molecule has 4 nitrogen and oxygen atoms in total. The fraction of sp³-hybridized carbons (Fsp3) is 1.00. The molecule has 0 radical (unpaired) electrons. The van der Waals surface area contributed by atoms with Crippen molar-refractivity contribution >= 4 is 7.37 Å². The van der Waals surface area contributed by atoms with Gasteiger partial charge in [-0.15, -0.1) is 0 Å². The highest BCUT2D eigenvalue weighted by Gasteiger charge is 2.50. The lowest BCUT2D eigenvalue weighted by molar-refractivity contribution is 0.326. The number of rotatable bonds is 3. The quantitative estimate of drug-likeness (QED) is 0.663. The highest BCUT2D eigenvalue weighted by molar-refractivity contribution is 7.59. The Labute approximate surface area is 79.2 Å². The van der Waals surface area contributed by atoms with Crippen LogP contribution in [0.3, 0.4) is 0 Å². The van der Waals surface area contributed by atoms with E-state index in [0.717, 1.165) is 6.42 Å². The molecule has 0 aromatic rings. The SMILES string of the molecule is COP(C)(=O)C1(C(C)C)CCN=N1. The Kier molecular flexibility index (Phi) is 2.93. The lowest BCUT2D eigenvalue weighted by Gasteiger charge is -2.33. The van der Waals surface area contributed by atoms with Crippen LogP contribution in [0.2, 0.25) is 0 Å². The number of hydrogen-bond acceptors (Lipinski definition) is 4. The van der Waals surface area contributed by atoms with Crippen molar-refractivity contribution in [1.82, 2.24) is 0 Å². The van der Waals surface area contributed by atoms with Crippen molar-refractivity contribution in [3.8, 4) is 0 Å². The fourth-order valence-electron chi connectivity index (χ4n) is 1.75. The van der Waals surface area contributed by atoms with Crippen molar-refractivity contribution in [2.24, 2.45) is 16.1 Å². The van der Waals surface area contributed by atoms with Crippen LogP contribution in [0, 0.1) is 5.92 Å². The van der Waals surface area contributed by atoms with Crippen LogP contribution in [0.15, 0.2) is 10.2 Å². The van der Waals surface area contributed by atoms with Gasteiger partial charge in [-0.05, 0) is 5.92 Å². The van der Waals surface area contributed by atoms with Gasteiger partial charge in [0.2, 0.25) is 7.37 Å². The molecule has 0 N–H and O–H groups in total. The van der Waals surface area contributed by atoms with Crippen LogP contribution in [0.25, 0.3) is 0 Å². The van der Waals surface area contributed by atoms with Crippen molar-refractivity contribution in [2.45, 2.75) is 25.5 Å². The van der Waals surface area contributed by atoms with E-state index in [4.69, 9.17) is 4.52 Å². The maximum atomic E-state index is 12.2. The van der Waals surface area contributed by atoms with E-state index >= 15 is 0 Å². The molecule has 0 saturated heterocycles. The molecule has 0 fully saturated rings. The second-order valence-electron chi connectivity index (χ2n) is 3.78. The van der Waals surface area contributed by atoms with Crippen LogP contribution in [0.5, 0.6) is 0 Å². The number of hydrogen-bond donors (Lipinski definition) is 0.